The monoisotopic (exact) mass is 216 g/mol. The average molecular weight is 216 g/mol. The lowest BCUT2D eigenvalue weighted by Gasteiger charge is -2.22. The summed E-state index contributed by atoms with van der Waals surface area (Å²) < 4.78 is 0. The highest BCUT2D eigenvalue weighted by molar-refractivity contribution is 4.70. The minimum absolute atomic E-state index is 0.267. The van der Waals surface area contributed by atoms with Gasteiger partial charge in [0, 0.05) is 5.54 Å². The van der Waals surface area contributed by atoms with Crippen LogP contribution in [0.4, 0.5) is 0 Å². The number of nitrogens with zero attached hydrogens (tertiary/aromatic N) is 1. The number of nitrogens with one attached hydrogen (secondary N) is 1. The standard InChI is InChI=1S/C11H26N2.C2H6/c1-6-13(7-2)10-8-9-12-11(3,4)5;1-2/h12H,6-10H2,1-5H3;1-2H3. The maximum Gasteiger partial charge on any atom is 0.00965 e. The highest BCUT2D eigenvalue weighted by atomic mass is 15.1. The molecular weight excluding hydrogens is 184 g/mol. The smallest absolute Gasteiger partial charge is 0.00965 e. The second-order valence-corrected chi connectivity index (χ2v) is 4.56. The van der Waals surface area contributed by atoms with E-state index in [9.17, 15) is 0 Å². The van der Waals surface area contributed by atoms with Crippen LogP contribution in [-0.2, 0) is 0 Å². The van der Waals surface area contributed by atoms with Crippen LogP contribution in [0.25, 0.3) is 0 Å². The Hall–Kier alpha value is -0.0800. The van der Waals surface area contributed by atoms with Crippen molar-refractivity contribution in [3.05, 3.63) is 0 Å². The third kappa shape index (κ3) is 13.9. The van der Waals surface area contributed by atoms with E-state index in [4.69, 9.17) is 0 Å². The fourth-order valence-corrected chi connectivity index (χ4v) is 1.31. The molecule has 0 rings (SSSR count). The second kappa shape index (κ2) is 10.4. The molecule has 0 amide bonds. The molecule has 0 unspecified atom stereocenters. The summed E-state index contributed by atoms with van der Waals surface area (Å²) >= 11 is 0. The molecule has 94 valence electrons. The zero-order valence-corrected chi connectivity index (χ0v) is 12.0. The summed E-state index contributed by atoms with van der Waals surface area (Å²) in [5, 5.41) is 3.50. The molecule has 15 heavy (non-hydrogen) atoms. The zero-order valence-electron chi connectivity index (χ0n) is 12.0. The van der Waals surface area contributed by atoms with Gasteiger partial charge in [0.25, 0.3) is 0 Å². The third-order valence-corrected chi connectivity index (χ3v) is 2.20. The molecule has 0 atom stereocenters. The molecular formula is C13H32N2. The van der Waals surface area contributed by atoms with Gasteiger partial charge in [0.1, 0.15) is 0 Å². The minimum atomic E-state index is 0.267. The van der Waals surface area contributed by atoms with E-state index >= 15 is 0 Å². The summed E-state index contributed by atoms with van der Waals surface area (Å²) in [6, 6.07) is 0. The van der Waals surface area contributed by atoms with Crippen LogP contribution in [0.5, 0.6) is 0 Å². The molecule has 0 aliphatic rings. The molecule has 0 bridgehead atoms. The molecule has 0 aromatic heterocycles. The lowest BCUT2D eigenvalue weighted by atomic mass is 10.1. The van der Waals surface area contributed by atoms with Gasteiger partial charge in [0.2, 0.25) is 0 Å². The van der Waals surface area contributed by atoms with Crippen molar-refractivity contribution < 1.29 is 0 Å². The lowest BCUT2D eigenvalue weighted by molar-refractivity contribution is 0.291. The van der Waals surface area contributed by atoms with E-state index in [0.29, 0.717) is 0 Å². The largest absolute Gasteiger partial charge is 0.312 e. The minimum Gasteiger partial charge on any atom is -0.312 e. The van der Waals surface area contributed by atoms with Gasteiger partial charge in [0.15, 0.2) is 0 Å². The molecule has 0 radical (unpaired) electrons. The fourth-order valence-electron chi connectivity index (χ4n) is 1.31. The highest BCUT2D eigenvalue weighted by Crippen LogP contribution is 1.98. The molecule has 0 heterocycles. The van der Waals surface area contributed by atoms with Gasteiger partial charge in [-0.1, -0.05) is 27.7 Å². The topological polar surface area (TPSA) is 15.3 Å². The van der Waals surface area contributed by atoms with Crippen molar-refractivity contribution >= 4 is 0 Å². The molecule has 0 fully saturated rings. The predicted molar refractivity (Wildman–Crippen MR) is 71.5 cm³/mol. The highest BCUT2D eigenvalue weighted by Gasteiger charge is 2.07. The van der Waals surface area contributed by atoms with Crippen molar-refractivity contribution in [1.82, 2.24) is 10.2 Å². The van der Waals surface area contributed by atoms with Gasteiger partial charge in [-0.2, -0.15) is 0 Å². The van der Waals surface area contributed by atoms with Crippen LogP contribution in [0.3, 0.4) is 0 Å². The van der Waals surface area contributed by atoms with Crippen LogP contribution in [-0.4, -0.2) is 36.6 Å². The number of hydrogen-bond acceptors (Lipinski definition) is 2. The molecule has 0 aliphatic heterocycles. The van der Waals surface area contributed by atoms with Crippen molar-refractivity contribution in [2.24, 2.45) is 0 Å². The van der Waals surface area contributed by atoms with E-state index in [1.807, 2.05) is 13.8 Å². The normalized spacial score (nSPS) is 11.2. The van der Waals surface area contributed by atoms with Gasteiger partial charge in [0.05, 0.1) is 0 Å². The first kappa shape index (κ1) is 17.3. The molecule has 0 spiro atoms. The van der Waals surface area contributed by atoms with Crippen LogP contribution < -0.4 is 5.32 Å². The van der Waals surface area contributed by atoms with E-state index in [1.165, 1.54) is 26.1 Å². The summed E-state index contributed by atoms with van der Waals surface area (Å²) in [6.07, 6.45) is 1.25. The van der Waals surface area contributed by atoms with Crippen LogP contribution in [0.2, 0.25) is 0 Å². The Morgan fingerprint density at radius 2 is 1.47 bits per heavy atom. The van der Waals surface area contributed by atoms with Crippen LogP contribution in [0.15, 0.2) is 0 Å². The van der Waals surface area contributed by atoms with Gasteiger partial charge in [-0.15, -0.1) is 0 Å². The molecule has 2 nitrogen and oxygen atoms in total. The molecule has 0 aromatic carbocycles. The zero-order chi connectivity index (χ0) is 12.3. The van der Waals surface area contributed by atoms with Crippen molar-refractivity contribution in [2.75, 3.05) is 26.2 Å². The molecule has 0 aromatic rings. The summed E-state index contributed by atoms with van der Waals surface area (Å²) in [7, 11) is 0. The summed E-state index contributed by atoms with van der Waals surface area (Å²) in [5.41, 5.74) is 0.267. The third-order valence-electron chi connectivity index (χ3n) is 2.20. The molecule has 0 saturated heterocycles. The maximum atomic E-state index is 3.50. The van der Waals surface area contributed by atoms with Crippen molar-refractivity contribution in [2.45, 2.75) is 60.4 Å². The molecule has 0 aliphatic carbocycles. The quantitative estimate of drug-likeness (QED) is 0.686. The van der Waals surface area contributed by atoms with Crippen LogP contribution in [0, 0.1) is 0 Å². The Labute approximate surface area is 97.4 Å². The number of hydrogen-bond donors (Lipinski definition) is 1. The first-order valence-electron chi connectivity index (χ1n) is 6.47. The Morgan fingerprint density at radius 3 is 1.80 bits per heavy atom. The average Bonchev–Trinajstić information content (AvgIpc) is 2.20. The SMILES string of the molecule is CC.CCN(CC)CCCNC(C)(C)C. The molecule has 1 N–H and O–H groups in total. The van der Waals surface area contributed by atoms with Crippen molar-refractivity contribution in [1.29, 1.82) is 0 Å². The Morgan fingerprint density at radius 1 is 1.00 bits per heavy atom. The Bertz CT molecular complexity index is 112. The summed E-state index contributed by atoms with van der Waals surface area (Å²) in [5.74, 6) is 0. The fraction of sp³-hybridized carbons (Fsp3) is 1.00. The van der Waals surface area contributed by atoms with Crippen molar-refractivity contribution in [3.63, 3.8) is 0 Å². The summed E-state index contributed by atoms with van der Waals surface area (Å²) in [6.45, 7) is 19.8. The van der Waals surface area contributed by atoms with E-state index in [-0.39, 0.29) is 5.54 Å². The van der Waals surface area contributed by atoms with Crippen LogP contribution >= 0.6 is 0 Å². The van der Waals surface area contributed by atoms with Gasteiger partial charge >= 0.3 is 0 Å². The van der Waals surface area contributed by atoms with E-state index in [1.54, 1.807) is 0 Å². The van der Waals surface area contributed by atoms with Gasteiger partial charge in [-0.25, -0.2) is 0 Å². The first-order valence-corrected chi connectivity index (χ1v) is 6.47. The first-order chi connectivity index (χ1) is 6.99. The van der Waals surface area contributed by atoms with Gasteiger partial charge < -0.3 is 10.2 Å². The Kier molecular flexibility index (Phi) is 12.1. The van der Waals surface area contributed by atoms with E-state index < -0.39 is 0 Å². The number of rotatable bonds is 6. The van der Waals surface area contributed by atoms with E-state index in [2.05, 4.69) is 44.8 Å². The van der Waals surface area contributed by atoms with Crippen LogP contribution in [0.1, 0.15) is 54.9 Å². The predicted octanol–water partition coefficient (Wildman–Crippen LogP) is 3.13. The van der Waals surface area contributed by atoms with Gasteiger partial charge in [-0.3, -0.25) is 0 Å². The summed E-state index contributed by atoms with van der Waals surface area (Å²) in [4.78, 5) is 2.46. The van der Waals surface area contributed by atoms with Crippen molar-refractivity contribution in [3.8, 4) is 0 Å². The van der Waals surface area contributed by atoms with E-state index in [0.717, 1.165) is 6.54 Å². The van der Waals surface area contributed by atoms with Gasteiger partial charge in [-0.05, 0) is 53.4 Å². The second-order valence-electron chi connectivity index (χ2n) is 4.56. The maximum absolute atomic E-state index is 3.50. The lowest BCUT2D eigenvalue weighted by Crippen LogP contribution is -2.37. The molecule has 0 saturated carbocycles. The molecule has 2 heteroatoms. The Balaban J connectivity index is 0.